The van der Waals surface area contributed by atoms with Crippen molar-refractivity contribution in [3.63, 3.8) is 0 Å². The van der Waals surface area contributed by atoms with Gasteiger partial charge in [-0.1, -0.05) is 13.8 Å². The van der Waals surface area contributed by atoms with E-state index in [2.05, 4.69) is 25.9 Å². The van der Waals surface area contributed by atoms with E-state index in [1.54, 1.807) is 12.1 Å². The number of aromatic nitrogens is 3. The Balaban J connectivity index is 2.16. The fourth-order valence-electron chi connectivity index (χ4n) is 2.38. The maximum absolute atomic E-state index is 13.8. The van der Waals surface area contributed by atoms with Gasteiger partial charge in [-0.25, -0.2) is 14.4 Å². The van der Waals surface area contributed by atoms with Crippen LogP contribution >= 0.6 is 15.9 Å². The summed E-state index contributed by atoms with van der Waals surface area (Å²) in [6.45, 7) is 3.72. The quantitative estimate of drug-likeness (QED) is 0.535. The first-order chi connectivity index (χ1) is 11.2. The Morgan fingerprint density at radius 3 is 2.46 bits per heavy atom. The van der Waals surface area contributed by atoms with Gasteiger partial charge in [0.25, 0.3) is 0 Å². The molecule has 0 aliphatic heterocycles. The number of alkyl halides is 3. The largest absolute Gasteiger partial charge is 0.434 e. The summed E-state index contributed by atoms with van der Waals surface area (Å²) in [5.41, 5.74) is 0.626. The van der Waals surface area contributed by atoms with E-state index in [0.717, 1.165) is 6.20 Å². The second kappa shape index (κ2) is 5.84. The van der Waals surface area contributed by atoms with Crippen LogP contribution in [0.1, 0.15) is 31.0 Å². The molecule has 0 saturated carbocycles. The van der Waals surface area contributed by atoms with Gasteiger partial charge in [-0.05, 0) is 45.6 Å². The van der Waals surface area contributed by atoms with Crippen LogP contribution in [0.5, 0.6) is 0 Å². The second-order valence-corrected chi connectivity index (χ2v) is 6.41. The zero-order chi connectivity index (χ0) is 17.6. The molecular formula is C16H12BrF4N3. The van der Waals surface area contributed by atoms with Gasteiger partial charge in [0.05, 0.1) is 5.69 Å². The first-order valence-electron chi connectivity index (χ1n) is 7.09. The standard InChI is InChI=1S/C16H12BrF4N3/c1-8(2)10-5-9(3-4-11(10)18)12-6-24-7-13(16(19,20)21)23-15(24)14(17)22-12/h3-8H,1-2H3. The number of rotatable bonds is 2. The van der Waals surface area contributed by atoms with Crippen LogP contribution in [-0.4, -0.2) is 14.4 Å². The summed E-state index contributed by atoms with van der Waals surface area (Å²) in [6.07, 6.45) is -2.19. The molecule has 3 rings (SSSR count). The lowest BCUT2D eigenvalue weighted by Crippen LogP contribution is -2.04. The molecule has 2 heterocycles. The minimum absolute atomic E-state index is 0.0257. The lowest BCUT2D eigenvalue weighted by molar-refractivity contribution is -0.140. The summed E-state index contributed by atoms with van der Waals surface area (Å²) in [7, 11) is 0. The van der Waals surface area contributed by atoms with Crippen molar-refractivity contribution in [3.05, 3.63) is 52.3 Å². The van der Waals surface area contributed by atoms with Gasteiger partial charge in [0.15, 0.2) is 11.3 Å². The summed E-state index contributed by atoms with van der Waals surface area (Å²) in [6, 6.07) is 4.53. The molecule has 3 nitrogen and oxygen atoms in total. The average molecular weight is 402 g/mol. The van der Waals surface area contributed by atoms with Crippen LogP contribution in [0.3, 0.4) is 0 Å². The Bertz CT molecular complexity index is 916. The number of hydrogen-bond acceptors (Lipinski definition) is 2. The van der Waals surface area contributed by atoms with Gasteiger partial charge in [-0.2, -0.15) is 13.2 Å². The molecule has 24 heavy (non-hydrogen) atoms. The van der Waals surface area contributed by atoms with E-state index in [-0.39, 0.29) is 22.0 Å². The third-order valence-electron chi connectivity index (χ3n) is 3.60. The molecule has 8 heteroatoms. The molecular weight excluding hydrogens is 390 g/mol. The van der Waals surface area contributed by atoms with E-state index in [1.807, 2.05) is 13.8 Å². The first-order valence-corrected chi connectivity index (χ1v) is 7.88. The number of halogens is 5. The van der Waals surface area contributed by atoms with Gasteiger partial charge in [0.2, 0.25) is 0 Å². The minimum Gasteiger partial charge on any atom is -0.302 e. The lowest BCUT2D eigenvalue weighted by Gasteiger charge is -2.10. The summed E-state index contributed by atoms with van der Waals surface area (Å²) >= 11 is 3.15. The van der Waals surface area contributed by atoms with Crippen molar-refractivity contribution in [2.45, 2.75) is 25.9 Å². The van der Waals surface area contributed by atoms with Crippen LogP contribution < -0.4 is 0 Å². The van der Waals surface area contributed by atoms with E-state index in [1.165, 1.54) is 16.7 Å². The molecule has 0 radical (unpaired) electrons. The fourth-order valence-corrected chi connectivity index (χ4v) is 2.87. The highest BCUT2D eigenvalue weighted by Gasteiger charge is 2.34. The lowest BCUT2D eigenvalue weighted by atomic mass is 9.99. The van der Waals surface area contributed by atoms with E-state index >= 15 is 0 Å². The van der Waals surface area contributed by atoms with Crippen molar-refractivity contribution in [1.29, 1.82) is 0 Å². The number of imidazole rings is 1. The van der Waals surface area contributed by atoms with Crippen LogP contribution in [0.25, 0.3) is 16.9 Å². The van der Waals surface area contributed by atoms with E-state index < -0.39 is 11.9 Å². The van der Waals surface area contributed by atoms with E-state index in [0.29, 0.717) is 16.8 Å². The Labute approximate surface area is 143 Å². The Morgan fingerprint density at radius 1 is 1.12 bits per heavy atom. The Kier molecular flexibility index (Phi) is 4.11. The summed E-state index contributed by atoms with van der Waals surface area (Å²) in [5.74, 6) is -0.349. The highest BCUT2D eigenvalue weighted by molar-refractivity contribution is 9.10. The summed E-state index contributed by atoms with van der Waals surface area (Å²) in [4.78, 5) is 7.79. The molecule has 0 atom stereocenters. The molecule has 2 aromatic heterocycles. The molecule has 0 spiro atoms. The highest BCUT2D eigenvalue weighted by atomic mass is 79.9. The van der Waals surface area contributed by atoms with Crippen LogP contribution in [0.2, 0.25) is 0 Å². The van der Waals surface area contributed by atoms with Crippen LogP contribution in [-0.2, 0) is 6.18 Å². The first kappa shape index (κ1) is 16.9. The summed E-state index contributed by atoms with van der Waals surface area (Å²) in [5, 5.41) is 0. The molecule has 0 unspecified atom stereocenters. The number of fused-ring (bicyclic) bond motifs is 1. The zero-order valence-corrected chi connectivity index (χ0v) is 14.3. The molecule has 0 saturated heterocycles. The number of benzene rings is 1. The van der Waals surface area contributed by atoms with Crippen molar-refractivity contribution in [3.8, 4) is 11.3 Å². The van der Waals surface area contributed by atoms with Crippen molar-refractivity contribution >= 4 is 21.6 Å². The molecule has 0 amide bonds. The SMILES string of the molecule is CC(C)c1cc(-c2cn3cc(C(F)(F)F)nc3c(Br)n2)ccc1F. The van der Waals surface area contributed by atoms with Crippen molar-refractivity contribution in [1.82, 2.24) is 14.4 Å². The van der Waals surface area contributed by atoms with Crippen molar-refractivity contribution < 1.29 is 17.6 Å². The van der Waals surface area contributed by atoms with Gasteiger partial charge >= 0.3 is 6.18 Å². The average Bonchev–Trinajstić information content (AvgIpc) is 2.92. The molecule has 1 aromatic carbocycles. The maximum atomic E-state index is 13.8. The summed E-state index contributed by atoms with van der Waals surface area (Å²) < 4.78 is 53.7. The van der Waals surface area contributed by atoms with Crippen LogP contribution in [0.15, 0.2) is 35.2 Å². The van der Waals surface area contributed by atoms with Crippen LogP contribution in [0.4, 0.5) is 17.6 Å². The normalized spacial score (nSPS) is 12.3. The van der Waals surface area contributed by atoms with E-state index in [9.17, 15) is 17.6 Å². The van der Waals surface area contributed by atoms with E-state index in [4.69, 9.17) is 0 Å². The molecule has 0 N–H and O–H groups in total. The number of nitrogens with zero attached hydrogens (tertiary/aromatic N) is 3. The van der Waals surface area contributed by atoms with Gasteiger partial charge in [-0.3, -0.25) is 0 Å². The third kappa shape index (κ3) is 3.02. The Morgan fingerprint density at radius 2 is 1.83 bits per heavy atom. The molecule has 0 fully saturated rings. The monoisotopic (exact) mass is 401 g/mol. The second-order valence-electron chi connectivity index (χ2n) is 5.66. The maximum Gasteiger partial charge on any atom is 0.434 e. The zero-order valence-electron chi connectivity index (χ0n) is 12.7. The molecule has 126 valence electrons. The van der Waals surface area contributed by atoms with Gasteiger partial charge < -0.3 is 4.40 Å². The molecule has 0 aliphatic carbocycles. The van der Waals surface area contributed by atoms with Gasteiger partial charge in [-0.15, -0.1) is 0 Å². The fraction of sp³-hybridized carbons (Fsp3) is 0.250. The predicted octanol–water partition coefficient (Wildman–Crippen LogP) is 5.44. The van der Waals surface area contributed by atoms with Gasteiger partial charge in [0.1, 0.15) is 10.4 Å². The van der Waals surface area contributed by atoms with Gasteiger partial charge in [0, 0.05) is 18.0 Å². The molecule has 3 aromatic rings. The van der Waals surface area contributed by atoms with Crippen molar-refractivity contribution in [2.24, 2.45) is 0 Å². The van der Waals surface area contributed by atoms with Crippen LogP contribution in [0, 0.1) is 5.82 Å². The Hall–Kier alpha value is -1.96. The topological polar surface area (TPSA) is 30.2 Å². The predicted molar refractivity (Wildman–Crippen MR) is 85.2 cm³/mol. The highest BCUT2D eigenvalue weighted by Crippen LogP contribution is 2.31. The minimum atomic E-state index is -4.54. The number of hydrogen-bond donors (Lipinski definition) is 0. The molecule has 0 bridgehead atoms. The third-order valence-corrected chi connectivity index (χ3v) is 4.13. The smallest absolute Gasteiger partial charge is 0.302 e. The molecule has 0 aliphatic rings. The van der Waals surface area contributed by atoms with Crippen molar-refractivity contribution in [2.75, 3.05) is 0 Å².